The largest absolute Gasteiger partial charge is 0.343 e. The fraction of sp³-hybridized carbons (Fsp3) is 0.455. The van der Waals surface area contributed by atoms with E-state index in [1.807, 2.05) is 0 Å². The maximum Gasteiger partial charge on any atom is 0.195 e. The van der Waals surface area contributed by atoms with Crippen LogP contribution in [0.1, 0.15) is 12.5 Å². The highest BCUT2D eigenvalue weighted by molar-refractivity contribution is 9.10. The molecule has 2 nitrogen and oxygen atoms in total. The van der Waals surface area contributed by atoms with Crippen molar-refractivity contribution in [3.63, 3.8) is 0 Å². The molecule has 1 saturated heterocycles. The molecule has 0 spiro atoms. The maximum absolute atomic E-state index is 13.7. The molecule has 0 aliphatic carbocycles. The van der Waals surface area contributed by atoms with E-state index in [1.165, 1.54) is 6.07 Å². The predicted molar refractivity (Wildman–Crippen MR) is 63.0 cm³/mol. The number of halogens is 3. The molecule has 1 aromatic carbocycles. The highest BCUT2D eigenvalue weighted by Crippen LogP contribution is 2.36. The fourth-order valence-corrected chi connectivity index (χ4v) is 2.21. The lowest BCUT2D eigenvalue weighted by atomic mass is 10.1. The van der Waals surface area contributed by atoms with Gasteiger partial charge in [0.25, 0.3) is 0 Å². The summed E-state index contributed by atoms with van der Waals surface area (Å²) in [4.78, 5) is 0. The first kappa shape index (κ1) is 12.3. The van der Waals surface area contributed by atoms with E-state index in [9.17, 15) is 4.39 Å². The number of ether oxygens (including phenoxy) is 2. The van der Waals surface area contributed by atoms with Gasteiger partial charge in [-0.2, -0.15) is 0 Å². The minimum atomic E-state index is -1.05. The second kappa shape index (κ2) is 4.61. The van der Waals surface area contributed by atoms with E-state index >= 15 is 0 Å². The molecule has 2 atom stereocenters. The van der Waals surface area contributed by atoms with Gasteiger partial charge in [-0.15, -0.1) is 11.6 Å². The van der Waals surface area contributed by atoms with Crippen LogP contribution in [0.4, 0.5) is 4.39 Å². The van der Waals surface area contributed by atoms with Gasteiger partial charge < -0.3 is 9.47 Å². The first-order valence-corrected chi connectivity index (χ1v) is 6.21. The standard InChI is InChI=1S/C11H11BrClFO2/c1-11(15-6-8(5-13)16-11)9-4-7(12)2-3-10(9)14/h2-4,8H,5-6H2,1H3. The fourth-order valence-electron chi connectivity index (χ4n) is 1.70. The molecular formula is C11H11BrClFO2. The summed E-state index contributed by atoms with van der Waals surface area (Å²) in [7, 11) is 0. The van der Waals surface area contributed by atoms with Crippen molar-refractivity contribution in [2.75, 3.05) is 12.5 Å². The summed E-state index contributed by atoms with van der Waals surface area (Å²) in [5, 5.41) is 0. The molecule has 0 amide bonds. The molecule has 1 fully saturated rings. The molecule has 1 aromatic rings. The summed E-state index contributed by atoms with van der Waals surface area (Å²) in [6.45, 7) is 2.08. The van der Waals surface area contributed by atoms with Crippen molar-refractivity contribution in [2.45, 2.75) is 18.8 Å². The van der Waals surface area contributed by atoms with Gasteiger partial charge in [-0.05, 0) is 25.1 Å². The first-order chi connectivity index (χ1) is 7.55. The Morgan fingerprint density at radius 1 is 1.62 bits per heavy atom. The molecule has 5 heteroatoms. The zero-order valence-electron chi connectivity index (χ0n) is 8.67. The third-order valence-corrected chi connectivity index (χ3v) is 3.36. The van der Waals surface area contributed by atoms with Crippen molar-refractivity contribution in [3.8, 4) is 0 Å². The van der Waals surface area contributed by atoms with E-state index in [-0.39, 0.29) is 11.9 Å². The summed E-state index contributed by atoms with van der Waals surface area (Å²) in [6, 6.07) is 4.67. The van der Waals surface area contributed by atoms with Crippen LogP contribution in [0.3, 0.4) is 0 Å². The van der Waals surface area contributed by atoms with Crippen LogP contribution in [-0.2, 0) is 15.3 Å². The summed E-state index contributed by atoms with van der Waals surface area (Å²) >= 11 is 8.98. The summed E-state index contributed by atoms with van der Waals surface area (Å²) in [6.07, 6.45) is -0.190. The van der Waals surface area contributed by atoms with Crippen LogP contribution < -0.4 is 0 Å². The summed E-state index contributed by atoms with van der Waals surface area (Å²) in [5.74, 6) is -1.06. The third-order valence-electron chi connectivity index (χ3n) is 2.53. The zero-order valence-corrected chi connectivity index (χ0v) is 11.0. The van der Waals surface area contributed by atoms with Crippen LogP contribution in [0.5, 0.6) is 0 Å². The highest BCUT2D eigenvalue weighted by Gasteiger charge is 2.40. The SMILES string of the molecule is CC1(c2cc(Br)ccc2F)OCC(CCl)O1. The molecule has 88 valence electrons. The van der Waals surface area contributed by atoms with Crippen LogP contribution in [0.2, 0.25) is 0 Å². The van der Waals surface area contributed by atoms with Crippen molar-refractivity contribution in [1.82, 2.24) is 0 Å². The van der Waals surface area contributed by atoms with Crippen LogP contribution in [0, 0.1) is 5.82 Å². The Balaban J connectivity index is 2.33. The molecule has 0 aromatic heterocycles. The Morgan fingerprint density at radius 3 is 3.00 bits per heavy atom. The number of benzene rings is 1. The van der Waals surface area contributed by atoms with Crippen molar-refractivity contribution >= 4 is 27.5 Å². The normalized spacial score (nSPS) is 29.6. The van der Waals surface area contributed by atoms with Gasteiger partial charge in [0.2, 0.25) is 0 Å². The quantitative estimate of drug-likeness (QED) is 0.779. The Bertz CT molecular complexity index is 402. The molecule has 2 rings (SSSR count). The predicted octanol–water partition coefficient (Wildman–Crippen LogP) is 3.42. The number of hydrogen-bond acceptors (Lipinski definition) is 2. The van der Waals surface area contributed by atoms with E-state index in [0.717, 1.165) is 4.47 Å². The molecule has 0 N–H and O–H groups in total. The molecule has 1 heterocycles. The van der Waals surface area contributed by atoms with Gasteiger partial charge in [-0.25, -0.2) is 4.39 Å². The number of rotatable bonds is 2. The van der Waals surface area contributed by atoms with Gasteiger partial charge in [0.15, 0.2) is 5.79 Å². The topological polar surface area (TPSA) is 18.5 Å². The second-order valence-corrected chi connectivity index (χ2v) is 5.00. The lowest BCUT2D eigenvalue weighted by Gasteiger charge is -2.24. The summed E-state index contributed by atoms with van der Waals surface area (Å²) < 4.78 is 25.6. The Labute approximate surface area is 107 Å². The Hall–Kier alpha value is -0.160. The monoisotopic (exact) mass is 308 g/mol. The molecule has 1 aliphatic rings. The van der Waals surface area contributed by atoms with Gasteiger partial charge >= 0.3 is 0 Å². The minimum Gasteiger partial charge on any atom is -0.343 e. The lowest BCUT2D eigenvalue weighted by molar-refractivity contribution is -0.161. The van der Waals surface area contributed by atoms with Crippen LogP contribution in [0.25, 0.3) is 0 Å². The smallest absolute Gasteiger partial charge is 0.195 e. The van der Waals surface area contributed by atoms with Crippen LogP contribution in [-0.4, -0.2) is 18.6 Å². The number of hydrogen-bond donors (Lipinski definition) is 0. The average molecular weight is 310 g/mol. The van der Waals surface area contributed by atoms with Gasteiger partial charge in [-0.3, -0.25) is 0 Å². The Kier molecular flexibility index (Phi) is 3.54. The zero-order chi connectivity index (χ0) is 11.8. The van der Waals surface area contributed by atoms with Gasteiger partial charge in [0, 0.05) is 10.0 Å². The second-order valence-electron chi connectivity index (χ2n) is 3.78. The van der Waals surface area contributed by atoms with Crippen LogP contribution >= 0.6 is 27.5 Å². The summed E-state index contributed by atoms with van der Waals surface area (Å²) in [5.41, 5.74) is 0.384. The first-order valence-electron chi connectivity index (χ1n) is 4.88. The van der Waals surface area contributed by atoms with E-state index in [4.69, 9.17) is 21.1 Å². The molecular weight excluding hydrogens is 298 g/mol. The van der Waals surface area contributed by atoms with E-state index < -0.39 is 5.79 Å². The van der Waals surface area contributed by atoms with Crippen molar-refractivity contribution in [1.29, 1.82) is 0 Å². The minimum absolute atomic E-state index is 0.190. The van der Waals surface area contributed by atoms with Gasteiger partial charge in [0.1, 0.15) is 5.82 Å². The maximum atomic E-state index is 13.7. The molecule has 0 bridgehead atoms. The van der Waals surface area contributed by atoms with E-state index in [2.05, 4.69) is 15.9 Å². The van der Waals surface area contributed by atoms with Crippen molar-refractivity contribution in [3.05, 3.63) is 34.1 Å². The lowest BCUT2D eigenvalue weighted by Crippen LogP contribution is -2.25. The molecule has 1 aliphatic heterocycles. The average Bonchev–Trinajstić information content (AvgIpc) is 2.65. The van der Waals surface area contributed by atoms with Crippen molar-refractivity contribution < 1.29 is 13.9 Å². The third kappa shape index (κ3) is 2.25. The van der Waals surface area contributed by atoms with Crippen LogP contribution in [0.15, 0.2) is 22.7 Å². The van der Waals surface area contributed by atoms with Gasteiger partial charge in [-0.1, -0.05) is 15.9 Å². The van der Waals surface area contributed by atoms with E-state index in [1.54, 1.807) is 19.1 Å². The molecule has 0 saturated carbocycles. The highest BCUT2D eigenvalue weighted by atomic mass is 79.9. The van der Waals surface area contributed by atoms with Gasteiger partial charge in [0.05, 0.1) is 18.6 Å². The molecule has 0 radical (unpaired) electrons. The molecule has 2 unspecified atom stereocenters. The molecule has 16 heavy (non-hydrogen) atoms. The van der Waals surface area contributed by atoms with E-state index in [0.29, 0.717) is 18.1 Å². The Morgan fingerprint density at radius 2 is 2.38 bits per heavy atom. The van der Waals surface area contributed by atoms with Crippen molar-refractivity contribution in [2.24, 2.45) is 0 Å². The number of alkyl halides is 1.